The molecule has 1 unspecified atom stereocenters. The number of hydrogen-bond acceptors (Lipinski definition) is 3. The second-order valence-electron chi connectivity index (χ2n) is 4.50. The predicted molar refractivity (Wildman–Crippen MR) is 64.9 cm³/mol. The van der Waals surface area contributed by atoms with Gasteiger partial charge >= 0.3 is 0 Å². The van der Waals surface area contributed by atoms with E-state index < -0.39 is 21.5 Å². The molecule has 1 heterocycles. The van der Waals surface area contributed by atoms with Crippen molar-refractivity contribution in [3.63, 3.8) is 0 Å². The Labute approximate surface area is 105 Å². The molecule has 1 aliphatic heterocycles. The van der Waals surface area contributed by atoms with E-state index in [1.165, 1.54) is 12.1 Å². The first kappa shape index (κ1) is 13.4. The third kappa shape index (κ3) is 3.05. The number of nitrogens with one attached hydrogen (secondary N) is 1. The third-order valence-electron chi connectivity index (χ3n) is 3.17. The molecule has 100 valence electrons. The van der Waals surface area contributed by atoms with Gasteiger partial charge in [0.25, 0.3) is 0 Å². The van der Waals surface area contributed by atoms with Crippen molar-refractivity contribution in [2.45, 2.75) is 24.6 Å². The lowest BCUT2D eigenvalue weighted by atomic mass is 10.2. The molecule has 1 aliphatic rings. The van der Waals surface area contributed by atoms with Crippen LogP contribution in [0.15, 0.2) is 18.2 Å². The Morgan fingerprint density at radius 3 is 2.72 bits per heavy atom. The van der Waals surface area contributed by atoms with Crippen molar-refractivity contribution in [1.29, 1.82) is 0 Å². The van der Waals surface area contributed by atoms with Crippen molar-refractivity contribution in [1.82, 2.24) is 5.32 Å². The number of benzene rings is 1. The van der Waals surface area contributed by atoms with Crippen molar-refractivity contribution < 1.29 is 17.2 Å². The third-order valence-corrected chi connectivity index (χ3v) is 5.44. The van der Waals surface area contributed by atoms with E-state index >= 15 is 0 Å². The normalized spacial score (nSPS) is 22.2. The van der Waals surface area contributed by atoms with E-state index in [2.05, 4.69) is 5.32 Å². The van der Waals surface area contributed by atoms with Crippen LogP contribution >= 0.6 is 0 Å². The molecule has 0 aromatic heterocycles. The molecular formula is C12H15F2NO2S. The van der Waals surface area contributed by atoms with Crippen LogP contribution in [0.3, 0.4) is 0 Å². The second kappa shape index (κ2) is 5.32. The highest BCUT2D eigenvalue weighted by atomic mass is 32.2. The molecule has 1 aromatic carbocycles. The highest BCUT2D eigenvalue weighted by Gasteiger charge is 2.30. The van der Waals surface area contributed by atoms with Gasteiger partial charge in [-0.1, -0.05) is 6.07 Å². The molecular weight excluding hydrogens is 260 g/mol. The quantitative estimate of drug-likeness (QED) is 0.908. The van der Waals surface area contributed by atoms with E-state index in [4.69, 9.17) is 0 Å². The largest absolute Gasteiger partial charge is 0.311 e. The molecule has 1 aromatic rings. The zero-order valence-electron chi connectivity index (χ0n) is 9.83. The molecule has 1 atom stereocenters. The number of sulfone groups is 1. The van der Waals surface area contributed by atoms with Gasteiger partial charge in [-0.3, -0.25) is 0 Å². The highest BCUT2D eigenvalue weighted by Crippen LogP contribution is 2.19. The summed E-state index contributed by atoms with van der Waals surface area (Å²) < 4.78 is 49.1. The van der Waals surface area contributed by atoms with Crippen LogP contribution in [0, 0.1) is 11.6 Å². The molecule has 1 saturated heterocycles. The van der Waals surface area contributed by atoms with Crippen molar-refractivity contribution >= 4 is 9.84 Å². The van der Waals surface area contributed by atoms with Crippen molar-refractivity contribution in [2.75, 3.05) is 12.3 Å². The van der Waals surface area contributed by atoms with Crippen molar-refractivity contribution in [3.05, 3.63) is 35.4 Å². The summed E-state index contributed by atoms with van der Waals surface area (Å²) in [6, 6.07) is 3.37. The molecule has 0 radical (unpaired) electrons. The van der Waals surface area contributed by atoms with Gasteiger partial charge in [-0.25, -0.2) is 17.2 Å². The van der Waals surface area contributed by atoms with Crippen LogP contribution in [-0.4, -0.2) is 26.0 Å². The smallest absolute Gasteiger partial charge is 0.154 e. The minimum atomic E-state index is -2.97. The maximum Gasteiger partial charge on any atom is 0.154 e. The van der Waals surface area contributed by atoms with Gasteiger partial charge < -0.3 is 5.32 Å². The minimum absolute atomic E-state index is 0.206. The lowest BCUT2D eigenvalue weighted by Gasteiger charge is -2.11. The Kier molecular flexibility index (Phi) is 3.97. The molecule has 3 nitrogen and oxygen atoms in total. The highest BCUT2D eigenvalue weighted by molar-refractivity contribution is 7.92. The van der Waals surface area contributed by atoms with E-state index in [-0.39, 0.29) is 17.5 Å². The van der Waals surface area contributed by atoms with Crippen LogP contribution in [0.4, 0.5) is 8.78 Å². The van der Waals surface area contributed by atoms with Crippen molar-refractivity contribution in [2.24, 2.45) is 0 Å². The van der Waals surface area contributed by atoms with Gasteiger partial charge in [0.1, 0.15) is 11.6 Å². The van der Waals surface area contributed by atoms with Gasteiger partial charge in [0.2, 0.25) is 0 Å². The van der Waals surface area contributed by atoms with Crippen LogP contribution in [0.5, 0.6) is 0 Å². The monoisotopic (exact) mass is 275 g/mol. The van der Waals surface area contributed by atoms with Gasteiger partial charge in [-0.2, -0.15) is 0 Å². The summed E-state index contributed by atoms with van der Waals surface area (Å²) in [5.41, 5.74) is 0.340. The average molecular weight is 275 g/mol. The van der Waals surface area contributed by atoms with Gasteiger partial charge in [0.05, 0.1) is 11.0 Å². The SMILES string of the molecule is O=S1(=O)CCCC1CNCc1ccc(F)cc1F. The van der Waals surface area contributed by atoms with Crippen LogP contribution in [-0.2, 0) is 16.4 Å². The summed E-state index contributed by atoms with van der Waals surface area (Å²) in [6.07, 6.45) is 1.35. The van der Waals surface area contributed by atoms with Crippen LogP contribution in [0.25, 0.3) is 0 Å². The molecule has 0 aliphatic carbocycles. The first-order chi connectivity index (χ1) is 8.49. The Hall–Kier alpha value is -1.01. The van der Waals surface area contributed by atoms with Crippen LogP contribution in [0.1, 0.15) is 18.4 Å². The Morgan fingerprint density at radius 2 is 2.11 bits per heavy atom. The standard InChI is InChI=1S/C12H15F2NO2S/c13-10-4-3-9(12(14)6-10)7-15-8-11-2-1-5-18(11,16)17/h3-4,6,11,15H,1-2,5,7-8H2. The summed E-state index contributed by atoms with van der Waals surface area (Å²) in [5.74, 6) is -0.990. The van der Waals surface area contributed by atoms with E-state index in [0.29, 0.717) is 24.9 Å². The molecule has 0 amide bonds. The summed E-state index contributed by atoms with van der Waals surface area (Å²) >= 11 is 0. The van der Waals surface area contributed by atoms with E-state index in [0.717, 1.165) is 6.07 Å². The maximum absolute atomic E-state index is 13.3. The van der Waals surface area contributed by atoms with E-state index in [9.17, 15) is 17.2 Å². The van der Waals surface area contributed by atoms with E-state index in [1.54, 1.807) is 0 Å². The zero-order chi connectivity index (χ0) is 13.2. The van der Waals surface area contributed by atoms with Gasteiger partial charge in [0, 0.05) is 24.7 Å². The Bertz CT molecular complexity index is 531. The maximum atomic E-state index is 13.3. The zero-order valence-corrected chi connectivity index (χ0v) is 10.6. The topological polar surface area (TPSA) is 46.2 Å². The lowest BCUT2D eigenvalue weighted by molar-refractivity contribution is 0.551. The van der Waals surface area contributed by atoms with E-state index in [1.807, 2.05) is 0 Å². The predicted octanol–water partition coefficient (Wildman–Crippen LogP) is 1.63. The number of hydrogen-bond donors (Lipinski definition) is 1. The summed E-state index contributed by atoms with van der Waals surface area (Å²) in [4.78, 5) is 0. The molecule has 0 saturated carbocycles. The van der Waals surface area contributed by atoms with Gasteiger partial charge in [0.15, 0.2) is 9.84 Å². The first-order valence-corrected chi connectivity index (χ1v) is 7.57. The summed E-state index contributed by atoms with van der Waals surface area (Å²) in [7, 11) is -2.97. The number of rotatable bonds is 4. The fraction of sp³-hybridized carbons (Fsp3) is 0.500. The molecule has 6 heteroatoms. The van der Waals surface area contributed by atoms with Crippen molar-refractivity contribution in [3.8, 4) is 0 Å². The average Bonchev–Trinajstić information content (AvgIpc) is 2.61. The lowest BCUT2D eigenvalue weighted by Crippen LogP contribution is -2.30. The first-order valence-electron chi connectivity index (χ1n) is 5.85. The second-order valence-corrected chi connectivity index (χ2v) is 6.90. The Balaban J connectivity index is 1.89. The van der Waals surface area contributed by atoms with Gasteiger partial charge in [-0.15, -0.1) is 0 Å². The van der Waals surface area contributed by atoms with Gasteiger partial charge in [-0.05, 0) is 18.9 Å². The fourth-order valence-corrected chi connectivity index (χ4v) is 3.92. The molecule has 0 bridgehead atoms. The molecule has 0 spiro atoms. The summed E-state index contributed by atoms with van der Waals surface area (Å²) in [6.45, 7) is 0.525. The molecule has 18 heavy (non-hydrogen) atoms. The molecule has 1 N–H and O–H groups in total. The molecule has 2 rings (SSSR count). The minimum Gasteiger partial charge on any atom is -0.311 e. The molecule has 1 fully saturated rings. The van der Waals surface area contributed by atoms with Crippen LogP contribution in [0.2, 0.25) is 0 Å². The Morgan fingerprint density at radius 1 is 1.33 bits per heavy atom. The number of halogens is 2. The summed E-state index contributed by atoms with van der Waals surface area (Å²) in [5, 5.41) is 2.54. The van der Waals surface area contributed by atoms with Crippen LogP contribution < -0.4 is 5.32 Å². The fourth-order valence-electron chi connectivity index (χ4n) is 2.12.